The summed E-state index contributed by atoms with van der Waals surface area (Å²) in [6.45, 7) is 4.23. The van der Waals surface area contributed by atoms with Crippen LogP contribution >= 0.6 is 27.7 Å². The summed E-state index contributed by atoms with van der Waals surface area (Å²) in [6, 6.07) is 3.80. The van der Waals surface area contributed by atoms with E-state index in [9.17, 15) is 9.90 Å². The Labute approximate surface area is 124 Å². The number of anilines is 2. The van der Waals surface area contributed by atoms with Crippen molar-refractivity contribution in [2.75, 3.05) is 29.1 Å². The number of rotatable bonds is 1. The molecule has 2 atom stereocenters. The van der Waals surface area contributed by atoms with Gasteiger partial charge in [-0.3, -0.25) is 4.79 Å². The molecule has 4 nitrogen and oxygen atoms in total. The van der Waals surface area contributed by atoms with Crippen LogP contribution in [0.4, 0.5) is 11.4 Å². The molecule has 2 N–H and O–H groups in total. The zero-order chi connectivity index (χ0) is 13.6. The first-order chi connectivity index (χ1) is 9.06. The number of nitrogens with one attached hydrogen (secondary N) is 1. The molecule has 0 aromatic heterocycles. The molecule has 0 spiro atoms. The van der Waals surface area contributed by atoms with E-state index in [-0.39, 0.29) is 5.91 Å². The highest BCUT2D eigenvalue weighted by Crippen LogP contribution is 2.39. The summed E-state index contributed by atoms with van der Waals surface area (Å²) in [4.78, 5) is 13.8. The number of hydrogen-bond donors (Lipinski definition) is 2. The van der Waals surface area contributed by atoms with Crippen molar-refractivity contribution in [3.8, 4) is 0 Å². The Morgan fingerprint density at radius 2 is 2.32 bits per heavy atom. The van der Waals surface area contributed by atoms with Crippen molar-refractivity contribution in [3.05, 3.63) is 22.2 Å². The Hall–Kier alpha value is -0.720. The molecule has 1 aromatic carbocycles. The van der Waals surface area contributed by atoms with Gasteiger partial charge in [-0.25, -0.2) is 0 Å². The van der Waals surface area contributed by atoms with Crippen LogP contribution in [0.25, 0.3) is 0 Å². The largest absolute Gasteiger partial charge is 0.378 e. The molecule has 1 fully saturated rings. The van der Waals surface area contributed by atoms with Crippen LogP contribution in [-0.4, -0.2) is 35.1 Å². The summed E-state index contributed by atoms with van der Waals surface area (Å²) < 4.78 is 0.931. The van der Waals surface area contributed by atoms with Gasteiger partial charge in [0.2, 0.25) is 0 Å². The first-order valence-electron chi connectivity index (χ1n) is 6.25. The Morgan fingerprint density at radius 3 is 3.05 bits per heavy atom. The molecule has 0 radical (unpaired) electrons. The summed E-state index contributed by atoms with van der Waals surface area (Å²) >= 11 is 5.54. The van der Waals surface area contributed by atoms with Gasteiger partial charge >= 0.3 is 0 Å². The van der Waals surface area contributed by atoms with Gasteiger partial charge in [0.25, 0.3) is 5.91 Å². The highest BCUT2D eigenvalue weighted by molar-refractivity contribution is 9.10. The molecule has 2 heterocycles. The number of halogens is 1. The van der Waals surface area contributed by atoms with Gasteiger partial charge in [-0.2, -0.15) is 11.8 Å². The minimum absolute atomic E-state index is 0.346. The maximum Gasteiger partial charge on any atom is 0.257 e. The van der Waals surface area contributed by atoms with Crippen LogP contribution in [-0.2, 0) is 4.79 Å². The van der Waals surface area contributed by atoms with Crippen LogP contribution in [0.2, 0.25) is 0 Å². The van der Waals surface area contributed by atoms with Crippen molar-refractivity contribution in [2.45, 2.75) is 18.3 Å². The minimum Gasteiger partial charge on any atom is -0.378 e. The van der Waals surface area contributed by atoms with Crippen LogP contribution in [0, 0.1) is 0 Å². The smallest absolute Gasteiger partial charge is 0.257 e. The lowest BCUT2D eigenvalue weighted by molar-refractivity contribution is -0.123. The van der Waals surface area contributed by atoms with E-state index >= 15 is 0 Å². The summed E-state index contributed by atoms with van der Waals surface area (Å²) in [5.74, 6) is 0.765. The second kappa shape index (κ2) is 5.00. The summed E-state index contributed by atoms with van der Waals surface area (Å²) in [7, 11) is 0. The lowest BCUT2D eigenvalue weighted by atomic mass is 10.1. The maximum absolute atomic E-state index is 11.5. The monoisotopic (exact) mass is 342 g/mol. The normalized spacial score (nSPS) is 26.3. The van der Waals surface area contributed by atoms with Gasteiger partial charge < -0.3 is 15.3 Å². The molecule has 0 aliphatic carbocycles. The van der Waals surface area contributed by atoms with E-state index in [0.717, 1.165) is 34.7 Å². The van der Waals surface area contributed by atoms with E-state index in [1.807, 2.05) is 23.9 Å². The Morgan fingerprint density at radius 1 is 1.53 bits per heavy atom. The first-order valence-corrected chi connectivity index (χ1v) is 8.09. The quantitative estimate of drug-likeness (QED) is 0.822. The van der Waals surface area contributed by atoms with Crippen molar-refractivity contribution in [3.63, 3.8) is 0 Å². The third kappa shape index (κ3) is 2.37. The Bertz CT molecular complexity index is 538. The van der Waals surface area contributed by atoms with Crippen LogP contribution in [0.15, 0.2) is 16.6 Å². The van der Waals surface area contributed by atoms with Gasteiger partial charge in [-0.05, 0) is 28.1 Å². The van der Waals surface area contributed by atoms with Gasteiger partial charge in [0.15, 0.2) is 6.10 Å². The number of carbonyl (C=O) groups is 1. The average Bonchev–Trinajstić information content (AvgIpc) is 2.65. The second-order valence-electron chi connectivity index (χ2n) is 4.91. The van der Waals surface area contributed by atoms with Gasteiger partial charge in [0.1, 0.15) is 0 Å². The van der Waals surface area contributed by atoms with Gasteiger partial charge in [-0.1, -0.05) is 6.92 Å². The third-order valence-electron chi connectivity index (χ3n) is 3.50. The van der Waals surface area contributed by atoms with E-state index in [2.05, 4.69) is 33.1 Å². The van der Waals surface area contributed by atoms with E-state index < -0.39 is 6.10 Å². The molecule has 102 valence electrons. The molecule has 2 unspecified atom stereocenters. The highest BCUT2D eigenvalue weighted by atomic mass is 79.9. The molecule has 3 rings (SSSR count). The first kappa shape index (κ1) is 13.3. The summed E-state index contributed by atoms with van der Waals surface area (Å²) in [5.41, 5.74) is 2.46. The number of thioether (sulfide) groups is 1. The molecular weight excluding hydrogens is 328 g/mol. The molecule has 1 saturated heterocycles. The molecular formula is C13H15BrN2O2S. The van der Waals surface area contributed by atoms with E-state index in [0.29, 0.717) is 10.8 Å². The molecule has 1 aromatic rings. The van der Waals surface area contributed by atoms with E-state index in [1.54, 1.807) is 0 Å². The Kier molecular flexibility index (Phi) is 3.49. The van der Waals surface area contributed by atoms with E-state index in [4.69, 9.17) is 0 Å². The fraction of sp³-hybridized carbons (Fsp3) is 0.462. The molecule has 19 heavy (non-hydrogen) atoms. The maximum atomic E-state index is 11.5. The van der Waals surface area contributed by atoms with Crippen molar-refractivity contribution < 1.29 is 9.90 Å². The summed E-state index contributed by atoms with van der Waals surface area (Å²) in [6.07, 6.45) is -1.05. The van der Waals surface area contributed by atoms with Crippen molar-refractivity contribution >= 4 is 45.0 Å². The number of carbonyl (C=O) groups excluding carboxylic acids is 1. The second-order valence-corrected chi connectivity index (χ2v) is 7.31. The van der Waals surface area contributed by atoms with Gasteiger partial charge in [0.05, 0.1) is 5.69 Å². The molecule has 0 bridgehead atoms. The van der Waals surface area contributed by atoms with Gasteiger partial charge in [-0.15, -0.1) is 0 Å². The lowest BCUT2D eigenvalue weighted by Gasteiger charge is -2.33. The predicted octanol–water partition coefficient (Wildman–Crippen LogP) is 2.38. The SMILES string of the molecule is CC1CN(c2cc3c(cc2Br)C(O)C(=O)N3)CCS1. The number of fused-ring (bicyclic) bond motifs is 1. The number of nitrogens with zero attached hydrogens (tertiary/aromatic N) is 1. The van der Waals surface area contributed by atoms with E-state index in [1.165, 1.54) is 0 Å². The number of benzene rings is 1. The molecule has 6 heteroatoms. The summed E-state index contributed by atoms with van der Waals surface area (Å²) in [5, 5.41) is 13.1. The predicted molar refractivity (Wildman–Crippen MR) is 81.9 cm³/mol. The lowest BCUT2D eigenvalue weighted by Crippen LogP contribution is -2.36. The van der Waals surface area contributed by atoms with Crippen LogP contribution in [0.3, 0.4) is 0 Å². The minimum atomic E-state index is -1.05. The van der Waals surface area contributed by atoms with Gasteiger partial charge in [0, 0.05) is 39.8 Å². The van der Waals surface area contributed by atoms with Crippen molar-refractivity contribution in [1.82, 2.24) is 0 Å². The van der Waals surface area contributed by atoms with Crippen LogP contribution in [0.5, 0.6) is 0 Å². The highest BCUT2D eigenvalue weighted by Gasteiger charge is 2.30. The number of aliphatic hydroxyl groups excluding tert-OH is 1. The molecule has 1 amide bonds. The van der Waals surface area contributed by atoms with Crippen molar-refractivity contribution in [2.24, 2.45) is 0 Å². The Balaban J connectivity index is 1.95. The fourth-order valence-corrected chi connectivity index (χ4v) is 4.16. The van der Waals surface area contributed by atoms with Crippen LogP contribution < -0.4 is 10.2 Å². The van der Waals surface area contributed by atoms with Crippen LogP contribution in [0.1, 0.15) is 18.6 Å². The number of hydrogen-bond acceptors (Lipinski definition) is 4. The molecule has 2 aliphatic rings. The van der Waals surface area contributed by atoms with Crippen molar-refractivity contribution in [1.29, 1.82) is 0 Å². The zero-order valence-electron chi connectivity index (χ0n) is 10.5. The topological polar surface area (TPSA) is 52.6 Å². The standard InChI is InChI=1S/C13H15BrN2O2S/c1-7-6-16(2-3-19-7)11-5-10-8(4-9(11)14)12(17)13(18)15-10/h4-5,7,12,17H,2-3,6H2,1H3,(H,15,18). The number of aliphatic hydroxyl groups is 1. The molecule has 2 aliphatic heterocycles. The zero-order valence-corrected chi connectivity index (χ0v) is 12.9. The fourth-order valence-electron chi connectivity index (χ4n) is 2.53. The molecule has 0 saturated carbocycles. The third-order valence-corrected chi connectivity index (χ3v) is 5.27. The average molecular weight is 343 g/mol. The number of amides is 1.